The molecule has 1 saturated heterocycles. The molecule has 1 aliphatic heterocycles. The summed E-state index contributed by atoms with van der Waals surface area (Å²) < 4.78 is 3.17. The van der Waals surface area contributed by atoms with E-state index in [4.69, 9.17) is 4.98 Å². The molecule has 3 aromatic heterocycles. The number of unbranched alkanes of at least 4 members (excludes halogenated alkanes) is 2. The number of nitrogens with one attached hydrogen (secondary N) is 1. The first-order valence-corrected chi connectivity index (χ1v) is 14.2. The maximum absolute atomic E-state index is 13.2. The van der Waals surface area contributed by atoms with E-state index in [0.29, 0.717) is 28.5 Å². The minimum absolute atomic E-state index is 0.242. The molecular weight excluding hydrogens is 516 g/mol. The summed E-state index contributed by atoms with van der Waals surface area (Å²) in [4.78, 5) is 32.0. The lowest BCUT2D eigenvalue weighted by molar-refractivity contribution is 0.0738. The van der Waals surface area contributed by atoms with E-state index in [1.807, 2.05) is 12.1 Å². The molecule has 4 aromatic rings. The third kappa shape index (κ3) is 6.34. The fourth-order valence-electron chi connectivity index (χ4n) is 5.12. The van der Waals surface area contributed by atoms with Gasteiger partial charge in [0.25, 0.3) is 5.56 Å². The molecule has 2 N–H and O–H groups in total. The first kappa shape index (κ1) is 28.5. The van der Waals surface area contributed by atoms with Gasteiger partial charge >= 0.3 is 0 Å². The zero-order valence-electron chi connectivity index (χ0n) is 24.0. The van der Waals surface area contributed by atoms with Gasteiger partial charge in [0.2, 0.25) is 5.95 Å². The summed E-state index contributed by atoms with van der Waals surface area (Å²) in [6, 6.07) is 13.6. The molecule has 0 bridgehead atoms. The van der Waals surface area contributed by atoms with Gasteiger partial charge in [0, 0.05) is 43.8 Å². The van der Waals surface area contributed by atoms with E-state index in [1.54, 1.807) is 42.8 Å². The molecule has 0 spiro atoms. The minimum Gasteiger partial charge on any atom is -0.384 e. The van der Waals surface area contributed by atoms with Crippen LogP contribution in [0, 0.1) is 6.92 Å². The van der Waals surface area contributed by atoms with Gasteiger partial charge in [0.15, 0.2) is 11.5 Å². The number of aliphatic hydroxyl groups is 1. The highest BCUT2D eigenvalue weighted by Gasteiger charge is 2.22. The third-order valence-electron chi connectivity index (χ3n) is 7.39. The van der Waals surface area contributed by atoms with Crippen LogP contribution in [0.15, 0.2) is 66.1 Å². The van der Waals surface area contributed by atoms with Crippen molar-refractivity contribution in [2.75, 3.05) is 42.9 Å². The van der Waals surface area contributed by atoms with Gasteiger partial charge in [-0.3, -0.25) is 9.69 Å². The molecular formula is C31H39N8O2. The van der Waals surface area contributed by atoms with Crippen LogP contribution < -0.4 is 15.8 Å². The van der Waals surface area contributed by atoms with Gasteiger partial charge in [0.05, 0.1) is 12.2 Å². The van der Waals surface area contributed by atoms with E-state index < -0.39 is 5.60 Å². The molecule has 0 amide bonds. The fourth-order valence-corrected chi connectivity index (χ4v) is 5.12. The van der Waals surface area contributed by atoms with Crippen molar-refractivity contribution in [1.29, 1.82) is 0 Å². The van der Waals surface area contributed by atoms with Crippen molar-refractivity contribution < 1.29 is 5.11 Å². The average Bonchev–Trinajstić information content (AvgIpc) is 3.24. The number of piperazine rings is 1. The van der Waals surface area contributed by atoms with Crippen LogP contribution in [0.3, 0.4) is 0 Å². The Hall–Kier alpha value is -4.02. The number of allylic oxidation sites excluding steroid dienone is 1. The summed E-state index contributed by atoms with van der Waals surface area (Å²) in [6.07, 6.45) is 6.60. The summed E-state index contributed by atoms with van der Waals surface area (Å²) in [5.41, 5.74) is 1.56. The van der Waals surface area contributed by atoms with E-state index in [1.165, 1.54) is 29.4 Å². The second kappa shape index (κ2) is 12.2. The molecule has 1 aliphatic rings. The van der Waals surface area contributed by atoms with Crippen molar-refractivity contribution in [3.63, 3.8) is 0 Å². The Balaban J connectivity index is 1.37. The first-order valence-electron chi connectivity index (χ1n) is 14.2. The molecule has 4 heterocycles. The van der Waals surface area contributed by atoms with E-state index in [-0.39, 0.29) is 12.1 Å². The lowest BCUT2D eigenvalue weighted by atomic mass is 10.1. The molecule has 10 heteroatoms. The summed E-state index contributed by atoms with van der Waals surface area (Å²) in [5.74, 6) is 0.833. The van der Waals surface area contributed by atoms with Crippen LogP contribution in [0.5, 0.6) is 0 Å². The molecule has 0 unspecified atom stereocenters. The van der Waals surface area contributed by atoms with Crippen LogP contribution in [0.1, 0.15) is 38.8 Å². The van der Waals surface area contributed by atoms with Crippen molar-refractivity contribution in [2.24, 2.45) is 0 Å². The Bertz CT molecular complexity index is 1540. The molecule has 1 fully saturated rings. The van der Waals surface area contributed by atoms with Gasteiger partial charge in [-0.1, -0.05) is 31.9 Å². The monoisotopic (exact) mass is 555 g/mol. The summed E-state index contributed by atoms with van der Waals surface area (Å²) in [6.45, 7) is 16.7. The Kier molecular flexibility index (Phi) is 8.51. The van der Waals surface area contributed by atoms with Gasteiger partial charge in [-0.05, 0) is 63.2 Å². The van der Waals surface area contributed by atoms with Gasteiger partial charge < -0.3 is 15.3 Å². The van der Waals surface area contributed by atoms with Gasteiger partial charge in [-0.25, -0.2) is 19.3 Å². The predicted octanol–water partition coefficient (Wildman–Crippen LogP) is 4.26. The average molecular weight is 556 g/mol. The lowest BCUT2D eigenvalue weighted by Crippen LogP contribution is -2.46. The van der Waals surface area contributed by atoms with Crippen molar-refractivity contribution >= 4 is 28.4 Å². The minimum atomic E-state index is -1.14. The van der Waals surface area contributed by atoms with E-state index >= 15 is 0 Å². The molecule has 0 atom stereocenters. The highest BCUT2D eigenvalue weighted by molar-refractivity contribution is 5.77. The smallest absolute Gasteiger partial charge is 0.278 e. The highest BCUT2D eigenvalue weighted by Crippen LogP contribution is 2.24. The van der Waals surface area contributed by atoms with Crippen LogP contribution in [0.4, 0.5) is 17.3 Å². The molecule has 0 aliphatic carbocycles. The van der Waals surface area contributed by atoms with E-state index in [2.05, 4.69) is 50.7 Å². The van der Waals surface area contributed by atoms with Crippen LogP contribution >= 0.6 is 0 Å². The SMILES string of the molecule is [CH2]CCCCN1CCN(c2ccc(Nc3ncc4c(=O)n(CC=C)n(-c5cccc(C(C)(C)O)n5)c4n3)cc2)CC1. The number of benzene rings is 1. The molecule has 10 nitrogen and oxygen atoms in total. The Morgan fingerprint density at radius 2 is 1.80 bits per heavy atom. The fraction of sp³-hybridized carbons (Fsp3) is 0.387. The summed E-state index contributed by atoms with van der Waals surface area (Å²) in [7, 11) is 0. The second-order valence-corrected chi connectivity index (χ2v) is 10.9. The van der Waals surface area contributed by atoms with E-state index in [0.717, 1.165) is 44.8 Å². The van der Waals surface area contributed by atoms with Crippen molar-refractivity contribution in [2.45, 2.75) is 45.3 Å². The van der Waals surface area contributed by atoms with Crippen LogP contribution in [-0.2, 0) is 12.1 Å². The maximum atomic E-state index is 13.2. The summed E-state index contributed by atoms with van der Waals surface area (Å²) in [5, 5.41) is 14.2. The van der Waals surface area contributed by atoms with Crippen LogP contribution in [0.2, 0.25) is 0 Å². The molecule has 1 aromatic carbocycles. The normalized spacial score (nSPS) is 14.5. The Morgan fingerprint density at radius 1 is 1.05 bits per heavy atom. The van der Waals surface area contributed by atoms with Gasteiger partial charge in [0.1, 0.15) is 11.0 Å². The third-order valence-corrected chi connectivity index (χ3v) is 7.39. The lowest BCUT2D eigenvalue weighted by Gasteiger charge is -2.36. The van der Waals surface area contributed by atoms with E-state index in [9.17, 15) is 9.90 Å². The molecule has 5 rings (SSSR count). The molecule has 1 radical (unpaired) electrons. The second-order valence-electron chi connectivity index (χ2n) is 10.9. The maximum Gasteiger partial charge on any atom is 0.278 e. The number of fused-ring (bicyclic) bond motifs is 1. The molecule has 0 saturated carbocycles. The first-order chi connectivity index (χ1) is 19.8. The highest BCUT2D eigenvalue weighted by atomic mass is 16.3. The Labute approximate surface area is 241 Å². The number of aromatic nitrogens is 5. The van der Waals surface area contributed by atoms with Crippen LogP contribution in [0.25, 0.3) is 16.9 Å². The van der Waals surface area contributed by atoms with Crippen LogP contribution in [-0.4, -0.2) is 67.0 Å². The number of hydrogen-bond donors (Lipinski definition) is 2. The number of nitrogens with zero attached hydrogens (tertiary/aromatic N) is 7. The standard InChI is InChI=1S/C31H39N8O2/c1-5-7-8-17-36-18-20-37(21-19-36)24-14-12-23(13-15-24)33-30-32-22-25-28(35-30)39(38(16-6-2)29(25)40)27-11-9-10-26(34-27)31(3,4)41/h6,9-15,22,41H,1-2,5,7-8,16-21H2,3-4H3,(H,32,33,35). The number of pyridine rings is 1. The van der Waals surface area contributed by atoms with Crippen molar-refractivity contribution in [3.05, 3.63) is 84.3 Å². The number of anilines is 3. The summed E-state index contributed by atoms with van der Waals surface area (Å²) >= 11 is 0. The quantitative estimate of drug-likeness (QED) is 0.209. The zero-order valence-corrected chi connectivity index (χ0v) is 24.0. The largest absolute Gasteiger partial charge is 0.384 e. The topological polar surface area (TPSA) is 104 Å². The number of rotatable bonds is 11. The van der Waals surface area contributed by atoms with Gasteiger partial charge in [-0.15, -0.1) is 6.58 Å². The van der Waals surface area contributed by atoms with Gasteiger partial charge in [-0.2, -0.15) is 4.98 Å². The molecule has 41 heavy (non-hydrogen) atoms. The van der Waals surface area contributed by atoms with Crippen molar-refractivity contribution in [1.82, 2.24) is 29.2 Å². The van der Waals surface area contributed by atoms with Crippen molar-refractivity contribution in [3.8, 4) is 5.82 Å². The zero-order chi connectivity index (χ0) is 29.0. The Morgan fingerprint density at radius 3 is 2.49 bits per heavy atom. The molecule has 215 valence electrons. The number of hydrogen-bond acceptors (Lipinski definition) is 8. The predicted molar refractivity (Wildman–Crippen MR) is 164 cm³/mol.